The topological polar surface area (TPSA) is 12.0 Å². The van der Waals surface area contributed by atoms with E-state index in [1.54, 1.807) is 5.57 Å². The molecule has 0 amide bonds. The lowest BCUT2D eigenvalue weighted by Gasteiger charge is -2.27. The van der Waals surface area contributed by atoms with Crippen LogP contribution in [-0.2, 0) is 0 Å². The van der Waals surface area contributed by atoms with Crippen LogP contribution in [0.4, 0.5) is 0 Å². The molecule has 0 saturated carbocycles. The summed E-state index contributed by atoms with van der Waals surface area (Å²) < 4.78 is 0. The Labute approximate surface area is 105 Å². The van der Waals surface area contributed by atoms with Crippen LogP contribution in [0.25, 0.3) is 0 Å². The third-order valence-corrected chi connectivity index (χ3v) is 4.36. The van der Waals surface area contributed by atoms with Crippen molar-refractivity contribution in [2.24, 2.45) is 11.8 Å². The van der Waals surface area contributed by atoms with Crippen LogP contribution < -0.4 is 5.32 Å². The Morgan fingerprint density at radius 1 is 1.56 bits per heavy atom. The molecule has 0 aliphatic heterocycles. The molecule has 0 aromatic rings. The van der Waals surface area contributed by atoms with E-state index < -0.39 is 0 Å². The molecule has 3 atom stereocenters. The van der Waals surface area contributed by atoms with Crippen molar-refractivity contribution in [2.75, 3.05) is 18.1 Å². The number of hydrogen-bond donors (Lipinski definition) is 1. The van der Waals surface area contributed by atoms with Gasteiger partial charge in [0.05, 0.1) is 0 Å². The van der Waals surface area contributed by atoms with Crippen LogP contribution in [0.3, 0.4) is 0 Å². The molecule has 0 aromatic heterocycles. The minimum atomic E-state index is 0.659. The zero-order valence-corrected chi connectivity index (χ0v) is 12.1. The summed E-state index contributed by atoms with van der Waals surface area (Å²) >= 11 is 2.03. The number of thioether (sulfide) groups is 1. The maximum atomic E-state index is 3.68. The highest BCUT2D eigenvalue weighted by molar-refractivity contribution is 7.99. The molecule has 3 unspecified atom stereocenters. The van der Waals surface area contributed by atoms with Gasteiger partial charge in [-0.3, -0.25) is 0 Å². The fourth-order valence-corrected chi connectivity index (χ4v) is 3.27. The summed E-state index contributed by atoms with van der Waals surface area (Å²) in [5.74, 6) is 4.11. The van der Waals surface area contributed by atoms with Crippen LogP contribution in [0.5, 0.6) is 0 Å². The first-order chi connectivity index (χ1) is 7.61. The SMILES string of the molecule is CCSCC(C)NCC1CC(C)=CC(C)C1. The van der Waals surface area contributed by atoms with Gasteiger partial charge in [-0.05, 0) is 50.8 Å². The first-order valence-electron chi connectivity index (χ1n) is 6.60. The van der Waals surface area contributed by atoms with Gasteiger partial charge in [-0.25, -0.2) is 0 Å². The van der Waals surface area contributed by atoms with Crippen molar-refractivity contribution in [3.63, 3.8) is 0 Å². The normalized spacial score (nSPS) is 27.6. The molecule has 1 aliphatic carbocycles. The Morgan fingerprint density at radius 3 is 2.94 bits per heavy atom. The van der Waals surface area contributed by atoms with E-state index in [0.29, 0.717) is 6.04 Å². The fraction of sp³-hybridized carbons (Fsp3) is 0.857. The highest BCUT2D eigenvalue weighted by Gasteiger charge is 2.18. The summed E-state index contributed by atoms with van der Waals surface area (Å²) in [4.78, 5) is 0. The van der Waals surface area contributed by atoms with Gasteiger partial charge in [0, 0.05) is 11.8 Å². The molecule has 0 aromatic carbocycles. The minimum absolute atomic E-state index is 0.659. The van der Waals surface area contributed by atoms with E-state index in [2.05, 4.69) is 39.1 Å². The third-order valence-electron chi connectivity index (χ3n) is 3.21. The molecule has 0 spiro atoms. The van der Waals surface area contributed by atoms with E-state index >= 15 is 0 Å². The van der Waals surface area contributed by atoms with Gasteiger partial charge in [-0.15, -0.1) is 0 Å². The summed E-state index contributed by atoms with van der Waals surface area (Å²) in [5, 5.41) is 3.68. The number of rotatable bonds is 6. The van der Waals surface area contributed by atoms with Crippen molar-refractivity contribution >= 4 is 11.8 Å². The molecule has 1 rings (SSSR count). The fourth-order valence-electron chi connectivity index (χ4n) is 2.56. The minimum Gasteiger partial charge on any atom is -0.313 e. The molecule has 94 valence electrons. The first kappa shape index (κ1) is 14.1. The van der Waals surface area contributed by atoms with Crippen molar-refractivity contribution in [3.8, 4) is 0 Å². The summed E-state index contributed by atoms with van der Waals surface area (Å²) in [6.07, 6.45) is 5.09. The van der Waals surface area contributed by atoms with E-state index in [1.807, 2.05) is 11.8 Å². The Bertz CT molecular complexity index is 225. The molecule has 16 heavy (non-hydrogen) atoms. The van der Waals surface area contributed by atoms with Crippen molar-refractivity contribution in [1.82, 2.24) is 5.32 Å². The highest BCUT2D eigenvalue weighted by atomic mass is 32.2. The zero-order valence-electron chi connectivity index (χ0n) is 11.3. The van der Waals surface area contributed by atoms with E-state index in [0.717, 1.165) is 11.8 Å². The predicted molar refractivity (Wildman–Crippen MR) is 76.1 cm³/mol. The molecule has 2 heteroatoms. The quantitative estimate of drug-likeness (QED) is 0.712. The lowest BCUT2D eigenvalue weighted by molar-refractivity contribution is 0.371. The standard InChI is InChI=1S/C14H27NS/c1-5-16-10-13(4)15-9-14-7-11(2)6-12(3)8-14/h6,11,13-15H,5,7-10H2,1-4H3. The summed E-state index contributed by atoms with van der Waals surface area (Å²) in [7, 11) is 0. The van der Waals surface area contributed by atoms with Crippen LogP contribution in [0, 0.1) is 11.8 Å². The summed E-state index contributed by atoms with van der Waals surface area (Å²) in [5.41, 5.74) is 1.58. The smallest absolute Gasteiger partial charge is 0.0130 e. The Balaban J connectivity index is 2.20. The molecule has 0 bridgehead atoms. The number of nitrogens with one attached hydrogen (secondary N) is 1. The summed E-state index contributed by atoms with van der Waals surface area (Å²) in [6, 6.07) is 0.659. The van der Waals surface area contributed by atoms with Crippen LogP contribution >= 0.6 is 11.8 Å². The van der Waals surface area contributed by atoms with Crippen LogP contribution in [0.2, 0.25) is 0 Å². The zero-order chi connectivity index (χ0) is 12.0. The number of hydrogen-bond acceptors (Lipinski definition) is 2. The lowest BCUT2D eigenvalue weighted by Crippen LogP contribution is -2.34. The Kier molecular flexibility index (Phi) is 6.52. The second-order valence-electron chi connectivity index (χ2n) is 5.26. The van der Waals surface area contributed by atoms with Gasteiger partial charge in [-0.2, -0.15) is 11.8 Å². The van der Waals surface area contributed by atoms with Crippen molar-refractivity contribution < 1.29 is 0 Å². The lowest BCUT2D eigenvalue weighted by atomic mass is 9.83. The average Bonchev–Trinajstić information content (AvgIpc) is 2.22. The van der Waals surface area contributed by atoms with Crippen molar-refractivity contribution in [2.45, 2.75) is 46.6 Å². The molecule has 1 nitrogen and oxygen atoms in total. The van der Waals surface area contributed by atoms with Crippen molar-refractivity contribution in [1.29, 1.82) is 0 Å². The largest absolute Gasteiger partial charge is 0.313 e. The molecule has 0 saturated heterocycles. The van der Waals surface area contributed by atoms with Gasteiger partial charge in [0.25, 0.3) is 0 Å². The second-order valence-corrected chi connectivity index (χ2v) is 6.58. The van der Waals surface area contributed by atoms with Gasteiger partial charge >= 0.3 is 0 Å². The van der Waals surface area contributed by atoms with Gasteiger partial charge < -0.3 is 5.32 Å². The van der Waals surface area contributed by atoms with Gasteiger partial charge in [0.2, 0.25) is 0 Å². The molecule has 0 heterocycles. The highest BCUT2D eigenvalue weighted by Crippen LogP contribution is 2.27. The molecule has 1 aliphatic rings. The predicted octanol–water partition coefficient (Wildman–Crippen LogP) is 3.71. The molecule has 1 N–H and O–H groups in total. The maximum Gasteiger partial charge on any atom is 0.0130 e. The van der Waals surface area contributed by atoms with Gasteiger partial charge in [0.1, 0.15) is 0 Å². The van der Waals surface area contributed by atoms with Crippen LogP contribution in [0.1, 0.15) is 40.5 Å². The van der Waals surface area contributed by atoms with E-state index in [1.165, 1.54) is 30.9 Å². The van der Waals surface area contributed by atoms with Crippen LogP contribution in [-0.4, -0.2) is 24.1 Å². The first-order valence-corrected chi connectivity index (χ1v) is 7.75. The number of allylic oxidation sites excluding steroid dienone is 2. The Hall–Kier alpha value is 0.0500. The van der Waals surface area contributed by atoms with E-state index in [4.69, 9.17) is 0 Å². The van der Waals surface area contributed by atoms with Gasteiger partial charge in [-0.1, -0.05) is 25.5 Å². The van der Waals surface area contributed by atoms with E-state index in [9.17, 15) is 0 Å². The molecular formula is C14H27NS. The van der Waals surface area contributed by atoms with E-state index in [-0.39, 0.29) is 0 Å². The Morgan fingerprint density at radius 2 is 2.31 bits per heavy atom. The monoisotopic (exact) mass is 241 g/mol. The van der Waals surface area contributed by atoms with Crippen molar-refractivity contribution in [3.05, 3.63) is 11.6 Å². The summed E-state index contributed by atoms with van der Waals surface area (Å²) in [6.45, 7) is 10.3. The second kappa shape index (κ2) is 7.39. The van der Waals surface area contributed by atoms with Crippen LogP contribution in [0.15, 0.2) is 11.6 Å². The third kappa shape index (κ3) is 5.40. The van der Waals surface area contributed by atoms with Gasteiger partial charge in [0.15, 0.2) is 0 Å². The molecular weight excluding hydrogens is 214 g/mol. The average molecular weight is 241 g/mol. The molecule has 0 fully saturated rings. The maximum absolute atomic E-state index is 3.68. The molecule has 0 radical (unpaired) electrons.